The maximum Gasteiger partial charge on any atom is 0.269 e. The van der Waals surface area contributed by atoms with Crippen molar-refractivity contribution < 1.29 is 19.2 Å². The topological polar surface area (TPSA) is 117 Å². The molecular formula is C13H17N3O5. The lowest BCUT2D eigenvalue weighted by Crippen LogP contribution is -2.51. The third-order valence-electron chi connectivity index (χ3n) is 3.22. The van der Waals surface area contributed by atoms with E-state index in [0.29, 0.717) is 5.56 Å². The number of amides is 1. The number of nitro groups is 1. The summed E-state index contributed by atoms with van der Waals surface area (Å²) in [6.07, 6.45) is -0.982. The quantitative estimate of drug-likeness (QED) is 0.616. The number of carbonyl (C=O) groups is 1. The molecule has 8 nitrogen and oxygen atoms in total. The van der Waals surface area contributed by atoms with Crippen molar-refractivity contribution in [3.63, 3.8) is 0 Å². The fourth-order valence-electron chi connectivity index (χ4n) is 2.04. The van der Waals surface area contributed by atoms with Gasteiger partial charge < -0.3 is 20.5 Å². The smallest absolute Gasteiger partial charge is 0.269 e. The molecule has 0 aliphatic carbocycles. The molecule has 0 saturated carbocycles. The molecule has 1 heterocycles. The molecule has 0 bridgehead atoms. The number of ether oxygens (including phenoxy) is 2. The first-order chi connectivity index (χ1) is 10.0. The Morgan fingerprint density at radius 1 is 1.57 bits per heavy atom. The van der Waals surface area contributed by atoms with Gasteiger partial charge in [0.2, 0.25) is 5.91 Å². The Labute approximate surface area is 121 Å². The van der Waals surface area contributed by atoms with Crippen LogP contribution in [0.1, 0.15) is 18.8 Å². The number of hydrogen-bond donors (Lipinski definition) is 2. The zero-order chi connectivity index (χ0) is 15.4. The van der Waals surface area contributed by atoms with E-state index in [9.17, 15) is 14.9 Å². The average Bonchev–Trinajstić information content (AvgIpc) is 2.49. The number of carbonyl (C=O) groups excluding carboxylic acids is 1. The summed E-state index contributed by atoms with van der Waals surface area (Å²) in [4.78, 5) is 21.6. The van der Waals surface area contributed by atoms with Crippen molar-refractivity contribution in [2.45, 2.75) is 25.4 Å². The summed E-state index contributed by atoms with van der Waals surface area (Å²) in [5.41, 5.74) is 5.79. The van der Waals surface area contributed by atoms with E-state index in [1.54, 1.807) is 19.1 Å². The molecule has 2 rings (SSSR count). The second kappa shape index (κ2) is 6.61. The van der Waals surface area contributed by atoms with E-state index >= 15 is 0 Å². The molecule has 8 heteroatoms. The predicted molar refractivity (Wildman–Crippen MR) is 73.3 cm³/mol. The Morgan fingerprint density at radius 3 is 2.95 bits per heavy atom. The first-order valence-corrected chi connectivity index (χ1v) is 6.52. The number of rotatable bonds is 4. The Morgan fingerprint density at radius 2 is 2.33 bits per heavy atom. The Bertz CT molecular complexity index is 536. The number of nitro benzene ring substituents is 1. The van der Waals surface area contributed by atoms with Crippen LogP contribution < -0.4 is 11.1 Å². The van der Waals surface area contributed by atoms with Gasteiger partial charge in [-0.05, 0) is 6.92 Å². The zero-order valence-corrected chi connectivity index (χ0v) is 11.5. The number of hydrogen-bond acceptors (Lipinski definition) is 6. The first kappa shape index (κ1) is 15.4. The maximum absolute atomic E-state index is 11.3. The molecule has 1 aromatic carbocycles. The molecule has 0 aromatic heterocycles. The molecular weight excluding hydrogens is 278 g/mol. The summed E-state index contributed by atoms with van der Waals surface area (Å²) >= 11 is 0. The van der Waals surface area contributed by atoms with Crippen LogP contribution in [0.25, 0.3) is 0 Å². The minimum Gasteiger partial charge on any atom is -0.347 e. The van der Waals surface area contributed by atoms with Crippen LogP contribution in [-0.2, 0) is 14.3 Å². The molecule has 1 aromatic rings. The second-order valence-corrected chi connectivity index (χ2v) is 4.74. The van der Waals surface area contributed by atoms with Gasteiger partial charge in [-0.15, -0.1) is 0 Å². The molecule has 1 fully saturated rings. The second-order valence-electron chi connectivity index (χ2n) is 4.74. The van der Waals surface area contributed by atoms with Gasteiger partial charge in [0.1, 0.15) is 0 Å². The molecule has 1 saturated heterocycles. The Kier molecular flexibility index (Phi) is 4.84. The number of benzene rings is 1. The van der Waals surface area contributed by atoms with E-state index < -0.39 is 11.2 Å². The molecule has 114 valence electrons. The molecule has 21 heavy (non-hydrogen) atoms. The third-order valence-corrected chi connectivity index (χ3v) is 3.22. The van der Waals surface area contributed by atoms with Gasteiger partial charge in [0, 0.05) is 17.7 Å². The molecule has 0 unspecified atom stereocenters. The van der Waals surface area contributed by atoms with Crippen molar-refractivity contribution in [1.82, 2.24) is 5.32 Å². The van der Waals surface area contributed by atoms with Crippen molar-refractivity contribution in [1.29, 1.82) is 0 Å². The van der Waals surface area contributed by atoms with Crippen molar-refractivity contribution >= 4 is 11.6 Å². The van der Waals surface area contributed by atoms with Crippen LogP contribution in [0, 0.1) is 10.1 Å². The average molecular weight is 295 g/mol. The molecule has 0 spiro atoms. The summed E-state index contributed by atoms with van der Waals surface area (Å²) in [7, 11) is 0. The maximum atomic E-state index is 11.3. The van der Waals surface area contributed by atoms with Crippen LogP contribution in [-0.4, -0.2) is 36.1 Å². The summed E-state index contributed by atoms with van der Waals surface area (Å²) < 4.78 is 11.2. The summed E-state index contributed by atoms with van der Waals surface area (Å²) in [6, 6.07) is 5.79. The standard InChI is InChI=1S/C13H17N3O5/c1-8-11(15-12(17)6-14)7-20-13(21-8)9-3-2-4-10(5-9)16(18)19/h2-5,8,11,13H,6-7,14H2,1H3,(H,15,17)/t8-,11-,13+/m1/s1. The zero-order valence-electron chi connectivity index (χ0n) is 11.5. The molecule has 0 radical (unpaired) electrons. The van der Waals surface area contributed by atoms with Gasteiger partial charge in [-0.3, -0.25) is 14.9 Å². The molecule has 3 atom stereocenters. The van der Waals surface area contributed by atoms with Crippen LogP contribution in [0.15, 0.2) is 24.3 Å². The molecule has 1 aliphatic heterocycles. The fourth-order valence-corrected chi connectivity index (χ4v) is 2.04. The molecule has 1 amide bonds. The van der Waals surface area contributed by atoms with Crippen LogP contribution in [0.3, 0.4) is 0 Å². The number of nitrogens with one attached hydrogen (secondary N) is 1. The van der Waals surface area contributed by atoms with Crippen molar-refractivity contribution in [2.75, 3.05) is 13.2 Å². The highest BCUT2D eigenvalue weighted by atomic mass is 16.7. The highest BCUT2D eigenvalue weighted by Crippen LogP contribution is 2.28. The van der Waals surface area contributed by atoms with Gasteiger partial charge in [0.05, 0.1) is 30.2 Å². The minimum atomic E-state index is -0.689. The van der Waals surface area contributed by atoms with Crippen molar-refractivity contribution in [3.8, 4) is 0 Å². The van der Waals surface area contributed by atoms with Crippen LogP contribution in [0.4, 0.5) is 5.69 Å². The van der Waals surface area contributed by atoms with Crippen molar-refractivity contribution in [2.24, 2.45) is 5.73 Å². The lowest BCUT2D eigenvalue weighted by molar-refractivity contribution is -0.385. The van der Waals surface area contributed by atoms with Crippen LogP contribution in [0.2, 0.25) is 0 Å². The van der Waals surface area contributed by atoms with Gasteiger partial charge in [-0.25, -0.2) is 0 Å². The van der Waals surface area contributed by atoms with E-state index in [1.807, 2.05) is 0 Å². The van der Waals surface area contributed by atoms with E-state index in [-0.39, 0.29) is 36.9 Å². The van der Waals surface area contributed by atoms with E-state index in [4.69, 9.17) is 15.2 Å². The SMILES string of the molecule is C[C@H]1O[C@@H](c2cccc([N+](=O)[O-])c2)OC[C@H]1NC(=O)CN. The van der Waals surface area contributed by atoms with E-state index in [1.165, 1.54) is 12.1 Å². The Hall–Kier alpha value is -2.03. The molecule has 1 aliphatic rings. The normalized spacial score (nSPS) is 25.3. The fraction of sp³-hybridized carbons (Fsp3) is 0.462. The number of non-ortho nitro benzene ring substituents is 1. The van der Waals surface area contributed by atoms with E-state index in [2.05, 4.69) is 5.32 Å². The summed E-state index contributed by atoms with van der Waals surface area (Å²) in [5.74, 6) is -0.284. The van der Waals surface area contributed by atoms with Gasteiger partial charge in [-0.2, -0.15) is 0 Å². The van der Waals surface area contributed by atoms with E-state index in [0.717, 1.165) is 0 Å². The monoisotopic (exact) mass is 295 g/mol. The third kappa shape index (κ3) is 3.75. The number of nitrogens with two attached hydrogens (primary N) is 1. The lowest BCUT2D eigenvalue weighted by Gasteiger charge is -2.35. The van der Waals surface area contributed by atoms with Crippen molar-refractivity contribution in [3.05, 3.63) is 39.9 Å². The van der Waals surface area contributed by atoms with Gasteiger partial charge in [-0.1, -0.05) is 12.1 Å². The minimum absolute atomic E-state index is 0.0223. The summed E-state index contributed by atoms with van der Waals surface area (Å²) in [5, 5.41) is 13.5. The van der Waals surface area contributed by atoms with Crippen LogP contribution in [0.5, 0.6) is 0 Å². The van der Waals surface area contributed by atoms with Gasteiger partial charge in [0.25, 0.3) is 5.69 Å². The van der Waals surface area contributed by atoms with Gasteiger partial charge >= 0.3 is 0 Å². The van der Waals surface area contributed by atoms with Gasteiger partial charge in [0.15, 0.2) is 6.29 Å². The number of nitrogens with zero attached hydrogens (tertiary/aromatic N) is 1. The largest absolute Gasteiger partial charge is 0.347 e. The van der Waals surface area contributed by atoms with Crippen LogP contribution >= 0.6 is 0 Å². The predicted octanol–water partition coefficient (Wildman–Crippen LogP) is 0.472. The highest BCUT2D eigenvalue weighted by Gasteiger charge is 2.31. The Balaban J connectivity index is 2.03. The molecule has 3 N–H and O–H groups in total. The lowest BCUT2D eigenvalue weighted by atomic mass is 10.1. The highest BCUT2D eigenvalue weighted by molar-refractivity contribution is 5.78. The summed E-state index contributed by atoms with van der Waals surface area (Å²) in [6.45, 7) is 1.95. The first-order valence-electron chi connectivity index (χ1n) is 6.52.